The Morgan fingerprint density at radius 2 is 2.00 bits per heavy atom. The fourth-order valence-electron chi connectivity index (χ4n) is 1.70. The van der Waals surface area contributed by atoms with Gasteiger partial charge in [-0.2, -0.15) is 0 Å². The molecule has 78 valence electrons. The Bertz CT molecular complexity index is 386. The smallest absolute Gasteiger partial charge is 0.170 e. The van der Waals surface area contributed by atoms with E-state index in [1.165, 1.54) is 0 Å². The molecule has 1 aromatic heterocycles. The Hall–Kier alpha value is -1.51. The maximum atomic E-state index is 11.6. The zero-order valence-corrected chi connectivity index (χ0v) is 8.64. The number of carbonyl (C=O) groups is 2. The predicted octanol–water partition coefficient (Wildman–Crippen LogP) is 1.88. The van der Waals surface area contributed by atoms with Crippen LogP contribution in [0.15, 0.2) is 24.5 Å². The second kappa shape index (κ2) is 3.93. The Morgan fingerprint density at radius 1 is 1.40 bits per heavy atom. The summed E-state index contributed by atoms with van der Waals surface area (Å²) in [6.07, 6.45) is 4.12. The van der Waals surface area contributed by atoms with Gasteiger partial charge in [0, 0.05) is 23.9 Å². The highest BCUT2D eigenvalue weighted by Gasteiger charge is 2.39. The first kappa shape index (κ1) is 10.0. The van der Waals surface area contributed by atoms with Crippen molar-refractivity contribution in [2.75, 3.05) is 0 Å². The molecule has 0 spiro atoms. The monoisotopic (exact) mass is 203 g/mol. The van der Waals surface area contributed by atoms with Crippen molar-refractivity contribution in [3.8, 4) is 0 Å². The minimum atomic E-state index is -0.0958. The molecule has 2 unspecified atom stereocenters. The molecule has 0 radical (unpaired) electrons. The third kappa shape index (κ3) is 2.29. The van der Waals surface area contributed by atoms with Crippen LogP contribution in [-0.2, 0) is 4.79 Å². The minimum absolute atomic E-state index is 0.0407. The molecular weight excluding hydrogens is 190 g/mol. The summed E-state index contributed by atoms with van der Waals surface area (Å²) in [4.78, 5) is 27.0. The van der Waals surface area contributed by atoms with Crippen LogP contribution < -0.4 is 0 Å². The summed E-state index contributed by atoms with van der Waals surface area (Å²) < 4.78 is 0. The fraction of sp³-hybridized carbons (Fsp3) is 0.417. The molecule has 3 heteroatoms. The average Bonchev–Trinajstić information content (AvgIpc) is 2.97. The lowest BCUT2D eigenvalue weighted by Crippen LogP contribution is -2.10. The number of hydrogen-bond acceptors (Lipinski definition) is 3. The van der Waals surface area contributed by atoms with Crippen molar-refractivity contribution in [2.24, 2.45) is 11.8 Å². The van der Waals surface area contributed by atoms with Gasteiger partial charge >= 0.3 is 0 Å². The normalized spacial score (nSPS) is 23.5. The molecule has 0 aromatic carbocycles. The lowest BCUT2D eigenvalue weighted by Gasteiger charge is -1.99. The predicted molar refractivity (Wildman–Crippen MR) is 55.5 cm³/mol. The third-order valence-electron chi connectivity index (χ3n) is 2.86. The average molecular weight is 203 g/mol. The largest absolute Gasteiger partial charge is 0.299 e. The topological polar surface area (TPSA) is 47.0 Å². The van der Waals surface area contributed by atoms with E-state index in [0.717, 1.165) is 6.42 Å². The van der Waals surface area contributed by atoms with Gasteiger partial charge in [0.15, 0.2) is 5.78 Å². The Morgan fingerprint density at radius 3 is 2.53 bits per heavy atom. The molecule has 1 aliphatic carbocycles. The molecular formula is C12H13NO2. The van der Waals surface area contributed by atoms with Crippen molar-refractivity contribution in [3.05, 3.63) is 30.1 Å². The number of rotatable bonds is 4. The summed E-state index contributed by atoms with van der Waals surface area (Å²) in [7, 11) is 0. The Labute approximate surface area is 88.5 Å². The van der Waals surface area contributed by atoms with E-state index in [-0.39, 0.29) is 23.9 Å². The van der Waals surface area contributed by atoms with Gasteiger partial charge in [0.1, 0.15) is 5.78 Å². The summed E-state index contributed by atoms with van der Waals surface area (Å²) in [6.45, 7) is 2.04. The van der Waals surface area contributed by atoms with Gasteiger partial charge in [0.25, 0.3) is 0 Å². The molecule has 1 aromatic rings. The summed E-state index contributed by atoms with van der Waals surface area (Å²) in [6, 6.07) is 3.29. The lowest BCUT2D eigenvalue weighted by atomic mass is 10.0. The third-order valence-corrected chi connectivity index (χ3v) is 2.86. The van der Waals surface area contributed by atoms with E-state index < -0.39 is 0 Å². The standard InChI is InChI=1S/C12H13NO2/c1-8-6-10(8)12(15)7-11(14)9-2-4-13-5-3-9/h2-5,8,10H,6-7H2,1H3. The first-order chi connectivity index (χ1) is 7.18. The van der Waals surface area contributed by atoms with Crippen LogP contribution in [0.4, 0.5) is 0 Å². The van der Waals surface area contributed by atoms with E-state index >= 15 is 0 Å². The molecule has 0 amide bonds. The van der Waals surface area contributed by atoms with Crippen molar-refractivity contribution in [3.63, 3.8) is 0 Å². The highest BCUT2D eigenvalue weighted by molar-refractivity contribution is 6.09. The van der Waals surface area contributed by atoms with Gasteiger partial charge < -0.3 is 0 Å². The number of nitrogens with zero attached hydrogens (tertiary/aromatic N) is 1. The molecule has 1 saturated carbocycles. The van der Waals surface area contributed by atoms with Crippen LogP contribution in [0.25, 0.3) is 0 Å². The molecule has 1 heterocycles. The van der Waals surface area contributed by atoms with Crippen LogP contribution in [0, 0.1) is 11.8 Å². The first-order valence-electron chi connectivity index (χ1n) is 5.14. The molecule has 0 N–H and O–H groups in total. The molecule has 2 rings (SSSR count). The number of ketones is 2. The fourth-order valence-corrected chi connectivity index (χ4v) is 1.70. The highest BCUT2D eigenvalue weighted by atomic mass is 16.1. The summed E-state index contributed by atoms with van der Waals surface area (Å²) >= 11 is 0. The molecule has 0 saturated heterocycles. The molecule has 1 fully saturated rings. The van der Waals surface area contributed by atoms with Gasteiger partial charge in [0.2, 0.25) is 0 Å². The summed E-state index contributed by atoms with van der Waals surface area (Å²) in [5, 5.41) is 0. The molecule has 2 atom stereocenters. The number of carbonyl (C=O) groups excluding carboxylic acids is 2. The summed E-state index contributed by atoms with van der Waals surface area (Å²) in [5.74, 6) is 0.601. The van der Waals surface area contributed by atoms with Crippen LogP contribution in [-0.4, -0.2) is 16.6 Å². The van der Waals surface area contributed by atoms with Crippen LogP contribution >= 0.6 is 0 Å². The van der Waals surface area contributed by atoms with Gasteiger partial charge in [-0.25, -0.2) is 0 Å². The zero-order chi connectivity index (χ0) is 10.8. The van der Waals surface area contributed by atoms with Gasteiger partial charge in [-0.3, -0.25) is 14.6 Å². The highest BCUT2D eigenvalue weighted by Crippen LogP contribution is 2.39. The van der Waals surface area contributed by atoms with Crippen molar-refractivity contribution in [1.29, 1.82) is 0 Å². The van der Waals surface area contributed by atoms with Crippen LogP contribution in [0.5, 0.6) is 0 Å². The number of Topliss-reactive ketones (excluding diaryl/α,β-unsaturated/α-hetero) is 2. The summed E-state index contributed by atoms with van der Waals surface area (Å²) in [5.41, 5.74) is 0.576. The van der Waals surface area contributed by atoms with E-state index in [0.29, 0.717) is 11.5 Å². The zero-order valence-electron chi connectivity index (χ0n) is 8.64. The Kier molecular flexibility index (Phi) is 2.62. The maximum Gasteiger partial charge on any atom is 0.170 e. The van der Waals surface area contributed by atoms with E-state index in [9.17, 15) is 9.59 Å². The van der Waals surface area contributed by atoms with Crippen molar-refractivity contribution < 1.29 is 9.59 Å². The molecule has 1 aliphatic rings. The van der Waals surface area contributed by atoms with Crippen molar-refractivity contribution in [1.82, 2.24) is 4.98 Å². The lowest BCUT2D eigenvalue weighted by molar-refractivity contribution is -0.119. The van der Waals surface area contributed by atoms with Gasteiger partial charge in [-0.15, -0.1) is 0 Å². The first-order valence-corrected chi connectivity index (χ1v) is 5.14. The van der Waals surface area contributed by atoms with Crippen LogP contribution in [0.1, 0.15) is 30.1 Å². The second-order valence-electron chi connectivity index (χ2n) is 4.12. The number of pyridine rings is 1. The van der Waals surface area contributed by atoms with Crippen LogP contribution in [0.3, 0.4) is 0 Å². The van der Waals surface area contributed by atoms with E-state index in [1.54, 1.807) is 24.5 Å². The molecule has 15 heavy (non-hydrogen) atoms. The van der Waals surface area contributed by atoms with Crippen LogP contribution in [0.2, 0.25) is 0 Å². The second-order valence-corrected chi connectivity index (χ2v) is 4.12. The molecule has 3 nitrogen and oxygen atoms in total. The maximum absolute atomic E-state index is 11.6. The van der Waals surface area contributed by atoms with Gasteiger partial charge in [-0.05, 0) is 24.5 Å². The minimum Gasteiger partial charge on any atom is -0.299 e. The van der Waals surface area contributed by atoms with E-state index in [2.05, 4.69) is 4.98 Å². The number of hydrogen-bond donors (Lipinski definition) is 0. The van der Waals surface area contributed by atoms with Crippen molar-refractivity contribution >= 4 is 11.6 Å². The van der Waals surface area contributed by atoms with E-state index in [4.69, 9.17) is 0 Å². The Balaban J connectivity index is 1.96. The quantitative estimate of drug-likeness (QED) is 0.554. The molecule has 0 bridgehead atoms. The van der Waals surface area contributed by atoms with Gasteiger partial charge in [-0.1, -0.05) is 6.92 Å². The SMILES string of the molecule is CC1CC1C(=O)CC(=O)c1ccncc1. The van der Waals surface area contributed by atoms with Crippen molar-refractivity contribution in [2.45, 2.75) is 19.8 Å². The molecule has 0 aliphatic heterocycles. The van der Waals surface area contributed by atoms with E-state index in [1.807, 2.05) is 6.92 Å². The van der Waals surface area contributed by atoms with Gasteiger partial charge in [0.05, 0.1) is 6.42 Å². The number of aromatic nitrogens is 1.